The van der Waals surface area contributed by atoms with Crippen LogP contribution in [-0.4, -0.2) is 27.1 Å². The van der Waals surface area contributed by atoms with Crippen LogP contribution in [0.1, 0.15) is 25.0 Å². The molecule has 0 bridgehead atoms. The molecule has 0 radical (unpaired) electrons. The Morgan fingerprint density at radius 1 is 1.12 bits per heavy atom. The lowest BCUT2D eigenvalue weighted by Gasteiger charge is -2.25. The Balaban J connectivity index is 2.11. The van der Waals surface area contributed by atoms with Gasteiger partial charge in [-0.3, -0.25) is 10.4 Å². The van der Waals surface area contributed by atoms with Crippen LogP contribution in [-0.2, 0) is 9.63 Å². The molecule has 0 fully saturated rings. The van der Waals surface area contributed by atoms with Gasteiger partial charge in [-0.2, -0.15) is 0 Å². The van der Waals surface area contributed by atoms with Crippen LogP contribution in [0.5, 0.6) is 0 Å². The number of carboxylic acids is 1. The van der Waals surface area contributed by atoms with Gasteiger partial charge in [0.05, 0.1) is 5.71 Å². The maximum atomic E-state index is 12.0. The van der Waals surface area contributed by atoms with E-state index in [2.05, 4.69) is 15.5 Å². The molecule has 1 aliphatic heterocycles. The first-order valence-electron chi connectivity index (χ1n) is 7.96. The van der Waals surface area contributed by atoms with Crippen LogP contribution >= 0.6 is 0 Å². The standard InChI is InChI=1S/C19H18N4O3/c1-13-11-14(2)22-23(21-13)26-18(19(24)25)17(15-7-4-3-5-8-15)16-9-6-10-20-12-16/h3-12,21H,1-2H3,(H,24,25). The first-order valence-corrected chi connectivity index (χ1v) is 7.96. The highest BCUT2D eigenvalue weighted by Crippen LogP contribution is 2.28. The summed E-state index contributed by atoms with van der Waals surface area (Å²) < 4.78 is 0. The molecule has 2 aromatic rings. The van der Waals surface area contributed by atoms with Gasteiger partial charge in [0, 0.05) is 29.2 Å². The van der Waals surface area contributed by atoms with Crippen molar-refractivity contribution in [2.45, 2.75) is 13.8 Å². The number of hydrogen-bond donors (Lipinski definition) is 2. The third-order valence-electron chi connectivity index (χ3n) is 3.56. The summed E-state index contributed by atoms with van der Waals surface area (Å²) in [7, 11) is 0. The molecule has 0 saturated carbocycles. The van der Waals surface area contributed by atoms with Gasteiger partial charge in [0.25, 0.3) is 5.76 Å². The van der Waals surface area contributed by atoms with Crippen LogP contribution < -0.4 is 5.43 Å². The molecule has 2 heterocycles. The van der Waals surface area contributed by atoms with Crippen molar-refractivity contribution in [1.29, 1.82) is 0 Å². The Bertz CT molecular complexity index is 848. The largest absolute Gasteiger partial charge is 0.475 e. The average Bonchev–Trinajstić information content (AvgIpc) is 2.62. The smallest absolute Gasteiger partial charge is 0.375 e. The predicted molar refractivity (Wildman–Crippen MR) is 97.3 cm³/mol. The zero-order valence-electron chi connectivity index (χ0n) is 14.4. The second-order valence-corrected chi connectivity index (χ2v) is 5.66. The molecular weight excluding hydrogens is 332 g/mol. The normalized spacial score (nSPS) is 14.6. The van der Waals surface area contributed by atoms with E-state index >= 15 is 0 Å². The zero-order valence-corrected chi connectivity index (χ0v) is 14.4. The molecule has 0 aliphatic carbocycles. The molecule has 0 atom stereocenters. The molecule has 0 spiro atoms. The Kier molecular flexibility index (Phi) is 4.98. The van der Waals surface area contributed by atoms with Crippen molar-refractivity contribution in [3.8, 4) is 0 Å². The average molecular weight is 350 g/mol. The summed E-state index contributed by atoms with van der Waals surface area (Å²) in [5, 5.41) is 15.0. The summed E-state index contributed by atoms with van der Waals surface area (Å²) in [6.45, 7) is 3.63. The molecule has 0 saturated heterocycles. The van der Waals surface area contributed by atoms with Crippen LogP contribution in [0.25, 0.3) is 5.57 Å². The molecule has 2 N–H and O–H groups in total. The quantitative estimate of drug-likeness (QED) is 0.637. The molecule has 132 valence electrons. The fourth-order valence-corrected chi connectivity index (χ4v) is 2.56. The highest BCUT2D eigenvalue weighted by molar-refractivity contribution is 5.99. The number of hydrazone groups is 1. The number of carbonyl (C=O) groups is 1. The first kappa shape index (κ1) is 17.2. The van der Waals surface area contributed by atoms with Crippen LogP contribution in [0, 0.1) is 0 Å². The van der Waals surface area contributed by atoms with Crippen LogP contribution in [0.3, 0.4) is 0 Å². The predicted octanol–water partition coefficient (Wildman–Crippen LogP) is 2.96. The number of allylic oxidation sites excluding steroid dienone is 2. The molecule has 7 nitrogen and oxygen atoms in total. The van der Waals surface area contributed by atoms with Gasteiger partial charge in [-0.15, -0.1) is 5.10 Å². The summed E-state index contributed by atoms with van der Waals surface area (Å²) in [5.41, 5.74) is 6.07. The number of nitrogens with zero attached hydrogens (tertiary/aromatic N) is 3. The molecule has 0 unspecified atom stereocenters. The number of nitrogens with one attached hydrogen (secondary N) is 1. The molecule has 7 heteroatoms. The van der Waals surface area contributed by atoms with Crippen LogP contribution in [0.2, 0.25) is 0 Å². The fourth-order valence-electron chi connectivity index (χ4n) is 2.56. The summed E-state index contributed by atoms with van der Waals surface area (Å²) in [4.78, 5) is 21.7. The number of aromatic nitrogens is 1. The Hall–Kier alpha value is -3.61. The van der Waals surface area contributed by atoms with Crippen LogP contribution in [0.4, 0.5) is 0 Å². The summed E-state index contributed by atoms with van der Waals surface area (Å²) in [6, 6.07) is 12.7. The Labute approximate surface area is 150 Å². The maximum absolute atomic E-state index is 12.0. The summed E-state index contributed by atoms with van der Waals surface area (Å²) in [5.74, 6) is -1.47. The maximum Gasteiger partial charge on any atom is 0.375 e. The number of hydrazine groups is 1. The van der Waals surface area contributed by atoms with Gasteiger partial charge in [-0.05, 0) is 36.8 Å². The van der Waals surface area contributed by atoms with Crippen molar-refractivity contribution < 1.29 is 14.7 Å². The van der Waals surface area contributed by atoms with E-state index in [1.165, 1.54) is 0 Å². The molecule has 1 aromatic heterocycles. The van der Waals surface area contributed by atoms with E-state index in [0.29, 0.717) is 22.4 Å². The Morgan fingerprint density at radius 2 is 1.85 bits per heavy atom. The van der Waals surface area contributed by atoms with Crippen molar-refractivity contribution >= 4 is 17.3 Å². The van der Waals surface area contributed by atoms with Crippen molar-refractivity contribution in [3.63, 3.8) is 0 Å². The van der Waals surface area contributed by atoms with Crippen molar-refractivity contribution in [1.82, 2.24) is 15.7 Å². The topological polar surface area (TPSA) is 87.0 Å². The van der Waals surface area contributed by atoms with Gasteiger partial charge in [-0.25, -0.2) is 4.79 Å². The molecule has 26 heavy (non-hydrogen) atoms. The monoisotopic (exact) mass is 350 g/mol. The van der Waals surface area contributed by atoms with E-state index in [4.69, 9.17) is 4.84 Å². The number of pyridine rings is 1. The van der Waals surface area contributed by atoms with Gasteiger partial charge in [-0.1, -0.05) is 36.4 Å². The van der Waals surface area contributed by atoms with E-state index in [-0.39, 0.29) is 5.76 Å². The number of carboxylic acid groups (broad SMARTS) is 1. The summed E-state index contributed by atoms with van der Waals surface area (Å²) in [6.07, 6.45) is 5.04. The van der Waals surface area contributed by atoms with E-state index in [1.807, 2.05) is 43.3 Å². The lowest BCUT2D eigenvalue weighted by atomic mass is 9.98. The van der Waals surface area contributed by atoms with Gasteiger partial charge in [0.15, 0.2) is 0 Å². The highest BCUT2D eigenvalue weighted by Gasteiger charge is 2.24. The van der Waals surface area contributed by atoms with E-state index in [9.17, 15) is 9.90 Å². The molecule has 1 aromatic carbocycles. The van der Waals surface area contributed by atoms with Crippen LogP contribution in [0.15, 0.2) is 77.5 Å². The van der Waals surface area contributed by atoms with E-state index in [0.717, 1.165) is 11.0 Å². The van der Waals surface area contributed by atoms with Crippen molar-refractivity contribution in [2.24, 2.45) is 5.10 Å². The third-order valence-corrected chi connectivity index (χ3v) is 3.56. The fraction of sp³-hybridized carbons (Fsp3) is 0.105. The second-order valence-electron chi connectivity index (χ2n) is 5.66. The first-order chi connectivity index (χ1) is 12.5. The van der Waals surface area contributed by atoms with Gasteiger partial charge >= 0.3 is 5.97 Å². The lowest BCUT2D eigenvalue weighted by Crippen LogP contribution is -2.36. The SMILES string of the molecule is CC1=CC(C)=NN(OC(C(=O)O)=C(c2ccccc2)c2cccnc2)N1. The van der Waals surface area contributed by atoms with E-state index < -0.39 is 5.97 Å². The molecule has 0 amide bonds. The van der Waals surface area contributed by atoms with Gasteiger partial charge < -0.3 is 9.94 Å². The Morgan fingerprint density at radius 3 is 2.46 bits per heavy atom. The minimum atomic E-state index is -1.21. The number of rotatable bonds is 5. The summed E-state index contributed by atoms with van der Waals surface area (Å²) >= 11 is 0. The third kappa shape index (κ3) is 3.89. The molecule has 1 aliphatic rings. The molecule has 3 rings (SSSR count). The number of hydrogen-bond acceptors (Lipinski definition) is 6. The number of aliphatic carboxylic acids is 1. The van der Waals surface area contributed by atoms with Gasteiger partial charge in [0.1, 0.15) is 0 Å². The lowest BCUT2D eigenvalue weighted by molar-refractivity contribution is -0.172. The molecular formula is C19H18N4O3. The second kappa shape index (κ2) is 7.52. The van der Waals surface area contributed by atoms with Crippen molar-refractivity contribution in [2.75, 3.05) is 0 Å². The zero-order chi connectivity index (χ0) is 18.5. The van der Waals surface area contributed by atoms with Crippen molar-refractivity contribution in [3.05, 3.63) is 83.5 Å². The van der Waals surface area contributed by atoms with Gasteiger partial charge in [0.2, 0.25) is 0 Å². The van der Waals surface area contributed by atoms with E-state index in [1.54, 1.807) is 31.5 Å². The number of benzene rings is 1. The highest BCUT2D eigenvalue weighted by atomic mass is 16.7. The minimum absolute atomic E-state index is 0.261. The minimum Gasteiger partial charge on any atom is -0.475 e.